The number of carbonyl (C=O) groups excluding carboxylic acids is 1. The van der Waals surface area contributed by atoms with Gasteiger partial charge in [-0.15, -0.1) is 0 Å². The van der Waals surface area contributed by atoms with Gasteiger partial charge in [0.05, 0.1) is 11.7 Å². The zero-order valence-corrected chi connectivity index (χ0v) is 17.8. The lowest BCUT2D eigenvalue weighted by atomic mass is 10.0. The van der Waals surface area contributed by atoms with E-state index in [1.165, 1.54) is 24.3 Å². The van der Waals surface area contributed by atoms with Gasteiger partial charge in [0.15, 0.2) is 5.78 Å². The van der Waals surface area contributed by atoms with Gasteiger partial charge in [-0.05, 0) is 49.2 Å². The van der Waals surface area contributed by atoms with Gasteiger partial charge in [-0.1, -0.05) is 35.3 Å². The normalized spacial score (nSPS) is 12.5. The van der Waals surface area contributed by atoms with Crippen molar-refractivity contribution in [2.24, 2.45) is 0 Å². The Kier molecular flexibility index (Phi) is 5.88. The van der Waals surface area contributed by atoms with Crippen molar-refractivity contribution in [1.29, 1.82) is 0 Å². The Balaban J connectivity index is 1.61. The first-order chi connectivity index (χ1) is 14.7. The number of benzene rings is 2. The van der Waals surface area contributed by atoms with E-state index in [0.717, 1.165) is 0 Å². The molecule has 2 aromatic carbocycles. The van der Waals surface area contributed by atoms with Crippen LogP contribution in [0.2, 0.25) is 10.3 Å². The summed E-state index contributed by atoms with van der Waals surface area (Å²) in [7, 11) is 0. The molecule has 0 aliphatic heterocycles. The highest BCUT2D eigenvalue weighted by Crippen LogP contribution is 2.29. The molecule has 4 rings (SSSR count). The number of aliphatic hydroxyl groups excluding tert-OH is 1. The Hall–Kier alpha value is -2.67. The lowest BCUT2D eigenvalue weighted by Crippen LogP contribution is -2.04. The third-order valence-corrected chi connectivity index (χ3v) is 5.64. The minimum atomic E-state index is -0.856. The lowest BCUT2D eigenvalue weighted by Gasteiger charge is -2.11. The molecule has 0 amide bonds. The van der Waals surface area contributed by atoms with Crippen molar-refractivity contribution in [2.75, 3.05) is 0 Å². The van der Waals surface area contributed by atoms with Crippen LogP contribution < -0.4 is 0 Å². The molecule has 4 aromatic rings. The largest absolute Gasteiger partial charge is 0.389 e. The van der Waals surface area contributed by atoms with E-state index >= 15 is 0 Å². The molecule has 4 nitrogen and oxygen atoms in total. The number of Topliss-reactive ketones (excluding diaryl/α,β-unsaturated/α-hetero) is 1. The quantitative estimate of drug-likeness (QED) is 0.283. The number of aliphatic hydroxyl groups is 1. The van der Waals surface area contributed by atoms with Gasteiger partial charge in [-0.2, -0.15) is 0 Å². The van der Waals surface area contributed by atoms with Crippen LogP contribution >= 0.6 is 23.2 Å². The summed E-state index contributed by atoms with van der Waals surface area (Å²) in [5.74, 6) is -1.38. The summed E-state index contributed by atoms with van der Waals surface area (Å²) in [6.07, 6.45) is -0.558. The van der Waals surface area contributed by atoms with Crippen molar-refractivity contribution < 1.29 is 18.7 Å². The third kappa shape index (κ3) is 4.24. The Morgan fingerprint density at radius 2 is 1.71 bits per heavy atom. The van der Waals surface area contributed by atoms with Crippen LogP contribution in [0.15, 0.2) is 42.5 Å². The number of pyridine rings is 2. The van der Waals surface area contributed by atoms with Crippen LogP contribution in [0.25, 0.3) is 21.8 Å². The second kappa shape index (κ2) is 8.46. The fourth-order valence-corrected chi connectivity index (χ4v) is 4.00. The Bertz CT molecular complexity index is 1340. The number of ketones is 1. The molecule has 0 aliphatic carbocycles. The molecule has 158 valence electrons. The summed E-state index contributed by atoms with van der Waals surface area (Å²) < 4.78 is 28.4. The fourth-order valence-electron chi connectivity index (χ4n) is 3.46. The highest BCUT2D eigenvalue weighted by atomic mass is 35.5. The molecule has 0 bridgehead atoms. The molecule has 2 aromatic heterocycles. The van der Waals surface area contributed by atoms with Gasteiger partial charge in [0.1, 0.15) is 33.0 Å². The van der Waals surface area contributed by atoms with Crippen LogP contribution in [0, 0.1) is 11.6 Å². The topological polar surface area (TPSA) is 63.1 Å². The van der Waals surface area contributed by atoms with Crippen molar-refractivity contribution in [3.05, 3.63) is 81.1 Å². The SMILES string of the molecule is CC(O)c1cc2cc(CCC(=O)c3cc4cccc(F)c4nc3Cl)cc(F)c2nc1Cl. The molecule has 0 spiro atoms. The first-order valence-electron chi connectivity index (χ1n) is 9.49. The molecule has 1 N–H and O–H groups in total. The maximum absolute atomic E-state index is 14.5. The first kappa shape index (κ1) is 21.6. The highest BCUT2D eigenvalue weighted by Gasteiger charge is 2.17. The van der Waals surface area contributed by atoms with Gasteiger partial charge in [0.25, 0.3) is 0 Å². The summed E-state index contributed by atoms with van der Waals surface area (Å²) in [6, 6.07) is 10.6. The predicted molar refractivity (Wildman–Crippen MR) is 117 cm³/mol. The zero-order valence-electron chi connectivity index (χ0n) is 16.3. The number of hydrogen-bond acceptors (Lipinski definition) is 4. The van der Waals surface area contributed by atoms with Crippen LogP contribution in [0.3, 0.4) is 0 Å². The number of hydrogen-bond donors (Lipinski definition) is 1. The molecule has 1 unspecified atom stereocenters. The number of halogens is 4. The molecule has 8 heteroatoms. The average Bonchev–Trinajstić information content (AvgIpc) is 2.72. The molecule has 0 radical (unpaired) electrons. The van der Waals surface area contributed by atoms with Crippen molar-refractivity contribution in [3.8, 4) is 0 Å². The summed E-state index contributed by atoms with van der Waals surface area (Å²) >= 11 is 12.1. The molecule has 0 saturated carbocycles. The van der Waals surface area contributed by atoms with Crippen LogP contribution in [-0.2, 0) is 6.42 Å². The summed E-state index contributed by atoms with van der Waals surface area (Å²) in [4.78, 5) is 20.8. The van der Waals surface area contributed by atoms with Gasteiger partial charge in [0, 0.05) is 22.8 Å². The number of rotatable bonds is 5. The van der Waals surface area contributed by atoms with E-state index in [0.29, 0.717) is 21.9 Å². The number of nitrogens with zero attached hydrogens (tertiary/aromatic N) is 2. The molecule has 1 atom stereocenters. The molecular weight excluding hydrogens is 445 g/mol. The van der Waals surface area contributed by atoms with Crippen molar-refractivity contribution in [1.82, 2.24) is 9.97 Å². The summed E-state index contributed by atoms with van der Waals surface area (Å²) in [5, 5.41) is 10.7. The molecule has 2 heterocycles. The molecule has 31 heavy (non-hydrogen) atoms. The Labute approximate surface area is 186 Å². The van der Waals surface area contributed by atoms with Crippen molar-refractivity contribution in [3.63, 3.8) is 0 Å². The van der Waals surface area contributed by atoms with E-state index in [4.69, 9.17) is 23.2 Å². The van der Waals surface area contributed by atoms with Crippen LogP contribution in [0.1, 0.15) is 40.9 Å². The van der Waals surface area contributed by atoms with Crippen molar-refractivity contribution >= 4 is 50.8 Å². The molecular formula is C23H16Cl2F2N2O2. The summed E-state index contributed by atoms with van der Waals surface area (Å²) in [6.45, 7) is 1.54. The van der Waals surface area contributed by atoms with Gasteiger partial charge < -0.3 is 5.11 Å². The minimum absolute atomic E-state index is 0.0409. The van der Waals surface area contributed by atoms with Crippen LogP contribution in [0.5, 0.6) is 0 Å². The standard InChI is InChI=1S/C23H16Cl2F2N2O2/c1-11(30)15-10-14-7-12(8-18(27)21(14)29-22(15)24)5-6-19(31)16-9-13-3-2-4-17(26)20(13)28-23(16)25/h2-4,7-11,30H,5-6H2,1H3. The van der Waals surface area contributed by atoms with E-state index in [-0.39, 0.29) is 45.5 Å². The number of aromatic nitrogens is 2. The molecule has 0 fully saturated rings. The van der Waals surface area contributed by atoms with Crippen LogP contribution in [0.4, 0.5) is 8.78 Å². The van der Waals surface area contributed by atoms with Gasteiger partial charge >= 0.3 is 0 Å². The zero-order chi connectivity index (χ0) is 22.3. The number of para-hydroxylation sites is 1. The van der Waals surface area contributed by atoms with E-state index < -0.39 is 17.7 Å². The second-order valence-electron chi connectivity index (χ2n) is 7.26. The van der Waals surface area contributed by atoms with E-state index in [1.807, 2.05) is 0 Å². The molecule has 0 saturated heterocycles. The van der Waals surface area contributed by atoms with E-state index in [9.17, 15) is 18.7 Å². The smallest absolute Gasteiger partial charge is 0.166 e. The maximum atomic E-state index is 14.5. The van der Waals surface area contributed by atoms with Crippen LogP contribution in [-0.4, -0.2) is 20.9 Å². The predicted octanol–water partition coefficient (Wildman–Crippen LogP) is 6.24. The number of aryl methyl sites for hydroxylation is 1. The highest BCUT2D eigenvalue weighted by molar-refractivity contribution is 6.33. The Morgan fingerprint density at radius 3 is 2.45 bits per heavy atom. The lowest BCUT2D eigenvalue weighted by molar-refractivity contribution is 0.0982. The van der Waals surface area contributed by atoms with Crippen molar-refractivity contribution in [2.45, 2.75) is 25.9 Å². The monoisotopic (exact) mass is 460 g/mol. The number of fused-ring (bicyclic) bond motifs is 2. The average molecular weight is 461 g/mol. The first-order valence-corrected chi connectivity index (χ1v) is 10.2. The van der Waals surface area contributed by atoms with E-state index in [2.05, 4.69) is 9.97 Å². The Morgan fingerprint density at radius 1 is 1.00 bits per heavy atom. The summed E-state index contributed by atoms with van der Waals surface area (Å²) in [5.41, 5.74) is 1.35. The van der Waals surface area contributed by atoms with Gasteiger partial charge in [-0.3, -0.25) is 4.79 Å². The van der Waals surface area contributed by atoms with E-state index in [1.54, 1.807) is 25.1 Å². The van der Waals surface area contributed by atoms with Gasteiger partial charge in [0.2, 0.25) is 0 Å². The maximum Gasteiger partial charge on any atom is 0.166 e. The third-order valence-electron chi connectivity index (χ3n) is 5.05. The minimum Gasteiger partial charge on any atom is -0.389 e. The fraction of sp³-hybridized carbons (Fsp3) is 0.174. The van der Waals surface area contributed by atoms with Gasteiger partial charge in [-0.25, -0.2) is 18.7 Å². The number of carbonyl (C=O) groups is 1. The second-order valence-corrected chi connectivity index (χ2v) is 7.97. The molecule has 0 aliphatic rings.